The van der Waals surface area contributed by atoms with Crippen LogP contribution >= 0.6 is 0 Å². The van der Waals surface area contributed by atoms with Crippen LogP contribution in [0.2, 0.25) is 0 Å². The van der Waals surface area contributed by atoms with Crippen molar-refractivity contribution in [3.63, 3.8) is 0 Å². The van der Waals surface area contributed by atoms with E-state index in [1.54, 1.807) is 0 Å². The van der Waals surface area contributed by atoms with Gasteiger partial charge >= 0.3 is 0 Å². The molecule has 0 spiro atoms. The summed E-state index contributed by atoms with van der Waals surface area (Å²) in [6.45, 7) is 6.49. The third-order valence-corrected chi connectivity index (χ3v) is 15.2. The van der Waals surface area contributed by atoms with Gasteiger partial charge in [-0.05, 0) is 71.8 Å². The number of hydrogen-bond donors (Lipinski definition) is 0. The van der Waals surface area contributed by atoms with Gasteiger partial charge in [0.05, 0.1) is 16.7 Å². The fraction of sp³-hybridized carbons (Fsp3) is 0.0612. The molecule has 254 valence electrons. The van der Waals surface area contributed by atoms with Gasteiger partial charge in [0.15, 0.2) is 13.9 Å². The first-order valence-electron chi connectivity index (χ1n) is 18.2. The predicted octanol–water partition coefficient (Wildman–Crippen LogP) is 9.21. The summed E-state index contributed by atoms with van der Waals surface area (Å²) in [5.41, 5.74) is 8.83. The maximum absolute atomic E-state index is 5.37. The molecule has 4 heteroatoms. The molecule has 0 saturated heterocycles. The molecule has 9 rings (SSSR count). The van der Waals surface area contributed by atoms with Crippen molar-refractivity contribution in [1.29, 1.82) is 0 Å². The summed E-state index contributed by atoms with van der Waals surface area (Å²) >= 11 is 0. The SMILES string of the molecule is Cc1cccc(-c2nc(-c3cc(C)cc([Si](c4ccccc4)(c4ccccc4)c4ccccc4)c3)cc(-n3c4ccccc4c4cc(C)ccc43)n2)c1. The molecule has 0 bridgehead atoms. The Hall–Kier alpha value is -6.36. The van der Waals surface area contributed by atoms with E-state index in [4.69, 9.17) is 9.97 Å². The Bertz CT molecular complexity index is 2660. The fourth-order valence-corrected chi connectivity index (χ4v) is 13.0. The minimum atomic E-state index is -2.77. The Morgan fingerprint density at radius 1 is 0.396 bits per heavy atom. The van der Waals surface area contributed by atoms with Crippen molar-refractivity contribution in [2.45, 2.75) is 20.8 Å². The molecule has 0 saturated carbocycles. The van der Waals surface area contributed by atoms with E-state index in [1.165, 1.54) is 48.2 Å². The highest BCUT2D eigenvalue weighted by atomic mass is 28.3. The molecular weight excluding hydrogens is 659 g/mol. The number of rotatable bonds is 7. The molecule has 0 radical (unpaired) electrons. The summed E-state index contributed by atoms with van der Waals surface area (Å²) in [5.74, 6) is 1.56. The number of aryl methyl sites for hydroxylation is 3. The molecule has 9 aromatic rings. The van der Waals surface area contributed by atoms with Gasteiger partial charge in [0.1, 0.15) is 5.82 Å². The average molecular weight is 698 g/mol. The van der Waals surface area contributed by atoms with Gasteiger partial charge in [-0.1, -0.05) is 162 Å². The van der Waals surface area contributed by atoms with E-state index < -0.39 is 8.07 Å². The molecule has 0 unspecified atom stereocenters. The molecule has 0 N–H and O–H groups in total. The molecular formula is C49H39N3Si. The van der Waals surface area contributed by atoms with Crippen molar-refractivity contribution in [3.05, 3.63) is 199 Å². The number of hydrogen-bond acceptors (Lipinski definition) is 2. The monoisotopic (exact) mass is 697 g/mol. The Kier molecular flexibility index (Phi) is 8.17. The van der Waals surface area contributed by atoms with Crippen LogP contribution in [0, 0.1) is 20.8 Å². The zero-order valence-corrected chi connectivity index (χ0v) is 31.2. The van der Waals surface area contributed by atoms with E-state index in [9.17, 15) is 0 Å². The van der Waals surface area contributed by atoms with E-state index >= 15 is 0 Å². The first-order chi connectivity index (χ1) is 26.0. The summed E-state index contributed by atoms with van der Waals surface area (Å²) in [6.07, 6.45) is 0. The lowest BCUT2D eigenvalue weighted by Crippen LogP contribution is -2.74. The van der Waals surface area contributed by atoms with E-state index in [0.717, 1.165) is 33.7 Å². The van der Waals surface area contributed by atoms with Crippen molar-refractivity contribution in [2.75, 3.05) is 0 Å². The number of para-hydroxylation sites is 1. The average Bonchev–Trinajstić information content (AvgIpc) is 3.52. The van der Waals surface area contributed by atoms with Gasteiger partial charge in [0.2, 0.25) is 0 Å². The first-order valence-corrected chi connectivity index (χ1v) is 20.2. The van der Waals surface area contributed by atoms with Gasteiger partial charge in [-0.25, -0.2) is 9.97 Å². The van der Waals surface area contributed by atoms with Crippen LogP contribution in [0.5, 0.6) is 0 Å². The molecule has 0 aliphatic rings. The Balaban J connectivity index is 1.35. The third kappa shape index (κ3) is 5.68. The third-order valence-electron chi connectivity index (χ3n) is 10.5. The molecule has 7 aromatic carbocycles. The summed E-state index contributed by atoms with van der Waals surface area (Å²) in [6, 6.07) is 66.4. The van der Waals surface area contributed by atoms with Gasteiger partial charge in [-0.15, -0.1) is 0 Å². The van der Waals surface area contributed by atoms with E-state index in [1.807, 2.05) is 0 Å². The minimum Gasteiger partial charge on any atom is -0.294 e. The topological polar surface area (TPSA) is 30.7 Å². The highest BCUT2D eigenvalue weighted by Crippen LogP contribution is 2.34. The Morgan fingerprint density at radius 3 is 1.64 bits per heavy atom. The van der Waals surface area contributed by atoms with Crippen molar-refractivity contribution in [2.24, 2.45) is 0 Å². The molecule has 0 amide bonds. The molecule has 0 atom stereocenters. The number of aromatic nitrogens is 3. The summed E-state index contributed by atoms with van der Waals surface area (Å²) in [5, 5.41) is 7.79. The second-order valence-electron chi connectivity index (χ2n) is 14.1. The number of fused-ring (bicyclic) bond motifs is 3. The number of nitrogens with zero attached hydrogens (tertiary/aromatic N) is 3. The van der Waals surface area contributed by atoms with Crippen LogP contribution in [-0.2, 0) is 0 Å². The number of benzene rings is 7. The Morgan fingerprint density at radius 2 is 0.981 bits per heavy atom. The van der Waals surface area contributed by atoms with Crippen molar-refractivity contribution in [3.8, 4) is 28.5 Å². The molecule has 2 aromatic heterocycles. The van der Waals surface area contributed by atoms with Crippen LogP contribution in [0.15, 0.2) is 182 Å². The summed E-state index contributed by atoms with van der Waals surface area (Å²) in [7, 11) is -2.77. The summed E-state index contributed by atoms with van der Waals surface area (Å²) in [4.78, 5) is 10.7. The molecule has 2 heterocycles. The molecule has 0 aliphatic heterocycles. The van der Waals surface area contributed by atoms with Crippen LogP contribution in [0.3, 0.4) is 0 Å². The molecule has 53 heavy (non-hydrogen) atoms. The lowest BCUT2D eigenvalue weighted by atomic mass is 10.1. The zero-order chi connectivity index (χ0) is 35.9. The van der Waals surface area contributed by atoms with Crippen LogP contribution in [0.4, 0.5) is 0 Å². The van der Waals surface area contributed by atoms with Gasteiger partial charge in [0.25, 0.3) is 0 Å². The highest BCUT2D eigenvalue weighted by Gasteiger charge is 2.41. The molecule has 3 nitrogen and oxygen atoms in total. The first kappa shape index (κ1) is 32.5. The smallest absolute Gasteiger partial charge is 0.179 e. The fourth-order valence-electron chi connectivity index (χ4n) is 8.16. The van der Waals surface area contributed by atoms with Gasteiger partial charge in [-0.3, -0.25) is 4.57 Å². The van der Waals surface area contributed by atoms with E-state index in [0.29, 0.717) is 5.82 Å². The zero-order valence-electron chi connectivity index (χ0n) is 30.2. The second kappa shape index (κ2) is 13.3. The maximum atomic E-state index is 5.37. The second-order valence-corrected chi connectivity index (χ2v) is 17.9. The Labute approximate surface area is 311 Å². The largest absolute Gasteiger partial charge is 0.294 e. The maximum Gasteiger partial charge on any atom is 0.179 e. The van der Waals surface area contributed by atoms with E-state index in [-0.39, 0.29) is 0 Å². The van der Waals surface area contributed by atoms with Crippen LogP contribution < -0.4 is 20.7 Å². The van der Waals surface area contributed by atoms with Crippen LogP contribution in [0.1, 0.15) is 16.7 Å². The normalized spacial score (nSPS) is 11.7. The van der Waals surface area contributed by atoms with Gasteiger partial charge < -0.3 is 0 Å². The molecule has 0 aliphatic carbocycles. The van der Waals surface area contributed by atoms with Crippen molar-refractivity contribution in [1.82, 2.24) is 14.5 Å². The molecule has 0 fully saturated rings. The van der Waals surface area contributed by atoms with Crippen LogP contribution in [-0.4, -0.2) is 22.6 Å². The predicted molar refractivity (Wildman–Crippen MR) is 225 cm³/mol. The van der Waals surface area contributed by atoms with E-state index in [2.05, 4.69) is 207 Å². The quantitative estimate of drug-likeness (QED) is 0.123. The lowest BCUT2D eigenvalue weighted by molar-refractivity contribution is 1.05. The van der Waals surface area contributed by atoms with Gasteiger partial charge in [0, 0.05) is 28.0 Å². The van der Waals surface area contributed by atoms with Crippen LogP contribution in [0.25, 0.3) is 50.3 Å². The van der Waals surface area contributed by atoms with Crippen molar-refractivity contribution < 1.29 is 0 Å². The van der Waals surface area contributed by atoms with Crippen molar-refractivity contribution >= 4 is 50.6 Å². The standard InChI is InChI=1S/C49H39N3Si/c1-34-16-15-17-37(28-34)49-50-45(33-48(51-49)52-46-25-14-13-24-43(46)44-31-35(2)26-27-47(44)52)38-29-36(3)30-42(32-38)53(39-18-7-4-8-19-39,40-20-9-5-10-21-40)41-22-11-6-12-23-41/h4-33H,1-3H3. The highest BCUT2D eigenvalue weighted by molar-refractivity contribution is 7.19. The van der Waals surface area contributed by atoms with Gasteiger partial charge in [-0.2, -0.15) is 0 Å². The lowest BCUT2D eigenvalue weighted by Gasteiger charge is -2.35. The summed E-state index contributed by atoms with van der Waals surface area (Å²) < 4.78 is 2.31. The minimum absolute atomic E-state index is 0.708.